The molecular formula is C20H22BrN3O5S. The number of non-ortho nitro benzene ring substituents is 1. The van der Waals surface area contributed by atoms with Crippen LogP contribution in [0.3, 0.4) is 0 Å². The van der Waals surface area contributed by atoms with Crippen LogP contribution in [0, 0.1) is 22.0 Å². The average Bonchev–Trinajstić information content (AvgIpc) is 2.67. The normalized spacial score (nSPS) is 20.0. The van der Waals surface area contributed by atoms with Crippen LogP contribution >= 0.6 is 15.9 Å². The Labute approximate surface area is 183 Å². The van der Waals surface area contributed by atoms with E-state index in [2.05, 4.69) is 21.2 Å². The molecule has 0 saturated carbocycles. The molecule has 1 N–H and O–H groups in total. The molecule has 1 fully saturated rings. The van der Waals surface area contributed by atoms with Gasteiger partial charge < -0.3 is 5.32 Å². The van der Waals surface area contributed by atoms with Gasteiger partial charge in [-0.2, -0.15) is 4.31 Å². The second kappa shape index (κ2) is 8.83. The maximum Gasteiger partial charge on any atom is 0.271 e. The van der Waals surface area contributed by atoms with Crippen molar-refractivity contribution in [2.75, 3.05) is 18.4 Å². The molecule has 0 radical (unpaired) electrons. The zero-order chi connectivity index (χ0) is 22.1. The molecule has 1 heterocycles. The quantitative estimate of drug-likeness (QED) is 0.491. The number of piperidine rings is 1. The number of amides is 1. The van der Waals surface area contributed by atoms with E-state index < -0.39 is 20.9 Å². The average molecular weight is 496 g/mol. The number of anilines is 1. The topological polar surface area (TPSA) is 110 Å². The fraction of sp³-hybridized carbons (Fsp3) is 0.350. The fourth-order valence-corrected chi connectivity index (χ4v) is 6.31. The first-order chi connectivity index (χ1) is 14.1. The summed E-state index contributed by atoms with van der Waals surface area (Å²) in [5.41, 5.74) is 0.238. The van der Waals surface area contributed by atoms with Crippen molar-refractivity contribution in [2.45, 2.75) is 25.2 Å². The number of benzene rings is 2. The summed E-state index contributed by atoms with van der Waals surface area (Å²) in [5.74, 6) is -0.0508. The molecule has 2 atom stereocenters. The Kier molecular flexibility index (Phi) is 6.59. The van der Waals surface area contributed by atoms with Crippen LogP contribution in [0.2, 0.25) is 0 Å². The predicted molar refractivity (Wildman–Crippen MR) is 117 cm³/mol. The van der Waals surface area contributed by atoms with Gasteiger partial charge in [0.2, 0.25) is 10.0 Å². The Balaban J connectivity index is 1.88. The van der Waals surface area contributed by atoms with Crippen molar-refractivity contribution in [3.63, 3.8) is 0 Å². The fourth-order valence-electron chi connectivity index (χ4n) is 3.68. The zero-order valence-corrected chi connectivity index (χ0v) is 18.9. The van der Waals surface area contributed by atoms with E-state index in [1.807, 2.05) is 13.8 Å². The zero-order valence-electron chi connectivity index (χ0n) is 16.5. The maximum absolute atomic E-state index is 13.2. The van der Waals surface area contributed by atoms with Crippen LogP contribution in [0.4, 0.5) is 11.4 Å². The summed E-state index contributed by atoms with van der Waals surface area (Å²) in [4.78, 5) is 23.0. The predicted octanol–water partition coefficient (Wildman–Crippen LogP) is 4.28. The molecule has 160 valence electrons. The van der Waals surface area contributed by atoms with Gasteiger partial charge in [-0.3, -0.25) is 14.9 Å². The van der Waals surface area contributed by atoms with E-state index in [-0.39, 0.29) is 33.7 Å². The Morgan fingerprint density at radius 1 is 1.17 bits per heavy atom. The molecule has 1 amide bonds. The molecule has 10 heteroatoms. The van der Waals surface area contributed by atoms with E-state index in [4.69, 9.17) is 0 Å². The van der Waals surface area contributed by atoms with Gasteiger partial charge in [-0.25, -0.2) is 8.42 Å². The highest BCUT2D eigenvalue weighted by molar-refractivity contribution is 9.10. The first-order valence-electron chi connectivity index (χ1n) is 9.43. The highest BCUT2D eigenvalue weighted by Crippen LogP contribution is 2.31. The number of nitrogens with zero attached hydrogens (tertiary/aromatic N) is 2. The van der Waals surface area contributed by atoms with Gasteiger partial charge >= 0.3 is 0 Å². The summed E-state index contributed by atoms with van der Waals surface area (Å²) in [6, 6.07) is 9.90. The van der Waals surface area contributed by atoms with Crippen molar-refractivity contribution in [1.82, 2.24) is 4.31 Å². The van der Waals surface area contributed by atoms with Crippen molar-refractivity contribution >= 4 is 43.2 Å². The molecule has 1 aliphatic rings. The second-order valence-corrected chi connectivity index (χ2v) is 10.4. The van der Waals surface area contributed by atoms with E-state index in [1.54, 1.807) is 0 Å². The van der Waals surface area contributed by atoms with Gasteiger partial charge in [0.25, 0.3) is 11.6 Å². The van der Waals surface area contributed by atoms with Gasteiger partial charge in [-0.1, -0.05) is 19.9 Å². The number of sulfonamides is 1. The van der Waals surface area contributed by atoms with Crippen LogP contribution in [0.1, 0.15) is 30.6 Å². The molecule has 2 aromatic carbocycles. The largest absolute Gasteiger partial charge is 0.322 e. The third-order valence-electron chi connectivity index (χ3n) is 4.96. The summed E-state index contributed by atoms with van der Waals surface area (Å²) in [7, 11) is -3.79. The smallest absolute Gasteiger partial charge is 0.271 e. The molecule has 30 heavy (non-hydrogen) atoms. The number of carbonyl (C=O) groups is 1. The Bertz CT molecular complexity index is 1080. The summed E-state index contributed by atoms with van der Waals surface area (Å²) in [6.45, 7) is 4.92. The van der Waals surface area contributed by atoms with Crippen molar-refractivity contribution in [2.24, 2.45) is 11.8 Å². The minimum Gasteiger partial charge on any atom is -0.322 e. The molecule has 0 spiro atoms. The first kappa shape index (κ1) is 22.4. The molecule has 0 unspecified atom stereocenters. The number of nitro benzene ring substituents is 1. The van der Waals surface area contributed by atoms with Crippen molar-refractivity contribution in [1.29, 1.82) is 0 Å². The minimum atomic E-state index is -3.79. The number of hydrogen-bond donors (Lipinski definition) is 1. The van der Waals surface area contributed by atoms with E-state index in [0.717, 1.165) is 6.42 Å². The van der Waals surface area contributed by atoms with Crippen LogP contribution in [0.15, 0.2) is 51.8 Å². The van der Waals surface area contributed by atoms with Crippen LogP contribution in [0.25, 0.3) is 0 Å². The molecule has 8 nitrogen and oxygen atoms in total. The summed E-state index contributed by atoms with van der Waals surface area (Å²) in [5, 5.41) is 13.5. The van der Waals surface area contributed by atoms with Gasteiger partial charge in [0, 0.05) is 40.9 Å². The van der Waals surface area contributed by atoms with Gasteiger partial charge in [0.15, 0.2) is 0 Å². The maximum atomic E-state index is 13.2. The summed E-state index contributed by atoms with van der Waals surface area (Å²) < 4.78 is 28.3. The third kappa shape index (κ3) is 4.88. The summed E-state index contributed by atoms with van der Waals surface area (Å²) >= 11 is 3.29. The number of nitrogens with one attached hydrogen (secondary N) is 1. The lowest BCUT2D eigenvalue weighted by Gasteiger charge is -2.34. The molecule has 0 bridgehead atoms. The molecule has 1 saturated heterocycles. The van der Waals surface area contributed by atoms with Gasteiger partial charge in [0.05, 0.1) is 9.82 Å². The van der Waals surface area contributed by atoms with E-state index in [1.165, 1.54) is 46.8 Å². The Morgan fingerprint density at radius 2 is 1.83 bits per heavy atom. The highest BCUT2D eigenvalue weighted by atomic mass is 79.9. The molecule has 1 aliphatic heterocycles. The molecule has 2 aromatic rings. The van der Waals surface area contributed by atoms with E-state index in [9.17, 15) is 23.3 Å². The number of nitro groups is 1. The Hall–Kier alpha value is -2.30. The molecule has 3 rings (SSSR count). The first-order valence-corrected chi connectivity index (χ1v) is 11.7. The van der Waals surface area contributed by atoms with Gasteiger partial charge in [-0.15, -0.1) is 0 Å². The van der Waals surface area contributed by atoms with E-state index in [0.29, 0.717) is 17.6 Å². The minimum absolute atomic E-state index is 0.0236. The van der Waals surface area contributed by atoms with Gasteiger partial charge in [-0.05, 0) is 58.5 Å². The van der Waals surface area contributed by atoms with E-state index >= 15 is 0 Å². The van der Waals surface area contributed by atoms with Crippen LogP contribution in [0.5, 0.6) is 0 Å². The van der Waals surface area contributed by atoms with Crippen molar-refractivity contribution < 1.29 is 18.1 Å². The number of hydrogen-bond acceptors (Lipinski definition) is 5. The van der Waals surface area contributed by atoms with Crippen LogP contribution in [-0.2, 0) is 10.0 Å². The molecule has 0 aromatic heterocycles. The lowest BCUT2D eigenvalue weighted by Crippen LogP contribution is -2.42. The van der Waals surface area contributed by atoms with Crippen molar-refractivity contribution in [3.05, 3.63) is 62.6 Å². The lowest BCUT2D eigenvalue weighted by atomic mass is 9.94. The monoisotopic (exact) mass is 495 g/mol. The second-order valence-electron chi connectivity index (χ2n) is 7.67. The van der Waals surface area contributed by atoms with Crippen LogP contribution in [-0.4, -0.2) is 36.6 Å². The number of halogens is 1. The molecule has 0 aliphatic carbocycles. The third-order valence-corrected chi connectivity index (χ3v) is 7.79. The van der Waals surface area contributed by atoms with Gasteiger partial charge in [0.1, 0.15) is 0 Å². The number of carbonyl (C=O) groups excluding carboxylic acids is 1. The van der Waals surface area contributed by atoms with Crippen molar-refractivity contribution in [3.8, 4) is 0 Å². The summed E-state index contributed by atoms with van der Waals surface area (Å²) in [6.07, 6.45) is 0.971. The van der Waals surface area contributed by atoms with Crippen LogP contribution < -0.4 is 5.32 Å². The standard InChI is InChI=1S/C20H22BrN3O5S/c1-13-8-14(2)12-23(11-13)30(28,29)19-9-15(6-7-18(19)21)20(25)22-16-4-3-5-17(10-16)24(26)27/h3-7,9-10,13-14H,8,11-12H2,1-2H3,(H,22,25)/t13-,14-/m1/s1. The number of rotatable bonds is 5. The Morgan fingerprint density at radius 3 is 2.47 bits per heavy atom. The highest BCUT2D eigenvalue weighted by Gasteiger charge is 2.33. The molecular weight excluding hydrogens is 474 g/mol. The lowest BCUT2D eigenvalue weighted by molar-refractivity contribution is -0.384. The SMILES string of the molecule is C[C@@H]1C[C@@H](C)CN(S(=O)(=O)c2cc(C(=O)Nc3cccc([N+](=O)[O-])c3)ccc2Br)C1.